The molecule has 0 atom stereocenters. The zero-order valence-electron chi connectivity index (χ0n) is 12.1. The van der Waals surface area contributed by atoms with Gasteiger partial charge in [-0.3, -0.25) is 4.79 Å². The van der Waals surface area contributed by atoms with Gasteiger partial charge in [-0.1, -0.05) is 0 Å². The van der Waals surface area contributed by atoms with Gasteiger partial charge in [-0.25, -0.2) is 4.79 Å². The highest BCUT2D eigenvalue weighted by atomic mass is 35.5. The van der Waals surface area contributed by atoms with Crippen LogP contribution < -0.4 is 10.6 Å². The average Bonchev–Trinajstić information content (AvgIpc) is 2.28. The molecule has 0 bridgehead atoms. The van der Waals surface area contributed by atoms with E-state index in [9.17, 15) is 9.59 Å². The largest absolute Gasteiger partial charge is 0.450 e. The molecular formula is C13H25ClN2O3. The number of rotatable bonds is 8. The summed E-state index contributed by atoms with van der Waals surface area (Å²) in [5, 5.41) is 5.41. The number of ether oxygens (including phenoxy) is 1. The minimum atomic E-state index is -0.396. The normalized spacial score (nSPS) is 10.9. The van der Waals surface area contributed by atoms with Crippen molar-refractivity contribution in [3.05, 3.63) is 0 Å². The van der Waals surface area contributed by atoms with Gasteiger partial charge in [0.2, 0.25) is 5.91 Å². The Kier molecular flexibility index (Phi) is 9.39. The molecule has 0 aromatic carbocycles. The standard InChI is InChI=1S/C13H25ClN2O3/c1-13(2,3)16-12(18)19-10-6-4-5-7-11(17)15-9-8-14/h4-10H2,1-3H3,(H,15,17)(H,16,18). The van der Waals surface area contributed by atoms with Crippen molar-refractivity contribution in [1.82, 2.24) is 10.6 Å². The molecule has 0 unspecified atom stereocenters. The Bertz CT molecular complexity index is 278. The lowest BCUT2D eigenvalue weighted by Crippen LogP contribution is -2.41. The lowest BCUT2D eigenvalue weighted by atomic mass is 10.1. The number of carbonyl (C=O) groups is 2. The van der Waals surface area contributed by atoms with Gasteiger partial charge in [0.25, 0.3) is 0 Å². The second-order valence-corrected chi connectivity index (χ2v) is 5.74. The summed E-state index contributed by atoms with van der Waals surface area (Å²) in [6.07, 6.45) is 2.51. The molecule has 6 heteroatoms. The van der Waals surface area contributed by atoms with E-state index in [0.717, 1.165) is 19.3 Å². The maximum Gasteiger partial charge on any atom is 0.407 e. The number of alkyl carbamates (subject to hydrolysis) is 1. The summed E-state index contributed by atoms with van der Waals surface area (Å²) < 4.78 is 5.02. The molecule has 0 rings (SSSR count). The van der Waals surface area contributed by atoms with Gasteiger partial charge in [-0.15, -0.1) is 11.6 Å². The van der Waals surface area contributed by atoms with E-state index >= 15 is 0 Å². The Labute approximate surface area is 120 Å². The van der Waals surface area contributed by atoms with Gasteiger partial charge in [0.15, 0.2) is 0 Å². The van der Waals surface area contributed by atoms with Crippen LogP contribution in [0.4, 0.5) is 4.79 Å². The molecule has 0 saturated carbocycles. The van der Waals surface area contributed by atoms with Crippen LogP contribution in [0.1, 0.15) is 46.5 Å². The third-order valence-corrected chi connectivity index (χ3v) is 2.36. The van der Waals surface area contributed by atoms with Crippen molar-refractivity contribution in [2.24, 2.45) is 0 Å². The van der Waals surface area contributed by atoms with E-state index in [0.29, 0.717) is 25.5 Å². The van der Waals surface area contributed by atoms with Crippen LogP contribution in [0.25, 0.3) is 0 Å². The molecular weight excluding hydrogens is 268 g/mol. The van der Waals surface area contributed by atoms with Crippen molar-refractivity contribution in [3.8, 4) is 0 Å². The first-order valence-electron chi connectivity index (χ1n) is 6.63. The predicted molar refractivity (Wildman–Crippen MR) is 76.4 cm³/mol. The molecule has 0 aliphatic carbocycles. The summed E-state index contributed by atoms with van der Waals surface area (Å²) in [5.41, 5.74) is -0.280. The lowest BCUT2D eigenvalue weighted by molar-refractivity contribution is -0.121. The molecule has 0 spiro atoms. The van der Waals surface area contributed by atoms with Crippen LogP contribution in [0.3, 0.4) is 0 Å². The monoisotopic (exact) mass is 292 g/mol. The van der Waals surface area contributed by atoms with Crippen LogP contribution in [-0.4, -0.2) is 36.6 Å². The smallest absolute Gasteiger partial charge is 0.407 e. The molecule has 2 N–H and O–H groups in total. The summed E-state index contributed by atoms with van der Waals surface area (Å²) >= 11 is 5.45. The number of hydrogen-bond donors (Lipinski definition) is 2. The van der Waals surface area contributed by atoms with Crippen LogP contribution >= 0.6 is 11.6 Å². The van der Waals surface area contributed by atoms with Crippen molar-refractivity contribution in [3.63, 3.8) is 0 Å². The number of halogens is 1. The number of alkyl halides is 1. The minimum absolute atomic E-state index is 0.0204. The van der Waals surface area contributed by atoms with E-state index in [-0.39, 0.29) is 11.4 Å². The second kappa shape index (κ2) is 9.89. The maximum absolute atomic E-state index is 11.3. The Balaban J connectivity index is 3.41. The third-order valence-electron chi connectivity index (χ3n) is 2.18. The summed E-state index contributed by atoms with van der Waals surface area (Å²) in [7, 11) is 0. The number of amides is 2. The Morgan fingerprint density at radius 1 is 1.16 bits per heavy atom. The Morgan fingerprint density at radius 3 is 2.42 bits per heavy atom. The zero-order valence-corrected chi connectivity index (χ0v) is 12.8. The molecule has 5 nitrogen and oxygen atoms in total. The SMILES string of the molecule is CC(C)(C)NC(=O)OCCCCCC(=O)NCCCl. The van der Waals surface area contributed by atoms with E-state index in [2.05, 4.69) is 10.6 Å². The number of nitrogens with one attached hydrogen (secondary N) is 2. The summed E-state index contributed by atoms with van der Waals surface area (Å²) in [6, 6.07) is 0. The van der Waals surface area contributed by atoms with Crippen molar-refractivity contribution in [2.45, 2.75) is 52.0 Å². The highest BCUT2D eigenvalue weighted by molar-refractivity contribution is 6.18. The predicted octanol–water partition coefficient (Wildman–Crippen LogP) is 2.43. The van der Waals surface area contributed by atoms with Gasteiger partial charge in [-0.2, -0.15) is 0 Å². The quantitative estimate of drug-likeness (QED) is 0.533. The zero-order chi connectivity index (χ0) is 14.7. The van der Waals surface area contributed by atoms with Gasteiger partial charge in [0.05, 0.1) is 6.61 Å². The molecule has 0 aromatic heterocycles. The first kappa shape index (κ1) is 18.0. The lowest BCUT2D eigenvalue weighted by Gasteiger charge is -2.19. The van der Waals surface area contributed by atoms with Crippen molar-refractivity contribution in [2.75, 3.05) is 19.0 Å². The summed E-state index contributed by atoms with van der Waals surface area (Å²) in [6.45, 7) is 6.58. The van der Waals surface area contributed by atoms with Crippen LogP contribution in [0.2, 0.25) is 0 Å². The Hall–Kier alpha value is -0.970. The van der Waals surface area contributed by atoms with Gasteiger partial charge in [-0.05, 0) is 40.0 Å². The van der Waals surface area contributed by atoms with Gasteiger partial charge < -0.3 is 15.4 Å². The van der Waals surface area contributed by atoms with E-state index in [1.807, 2.05) is 20.8 Å². The van der Waals surface area contributed by atoms with E-state index in [1.165, 1.54) is 0 Å². The number of hydrogen-bond acceptors (Lipinski definition) is 3. The summed E-state index contributed by atoms with van der Waals surface area (Å²) in [4.78, 5) is 22.5. The molecule has 0 radical (unpaired) electrons. The first-order chi connectivity index (χ1) is 8.85. The van der Waals surface area contributed by atoms with E-state index < -0.39 is 6.09 Å². The fourth-order valence-electron chi connectivity index (χ4n) is 1.35. The molecule has 0 aliphatic heterocycles. The first-order valence-corrected chi connectivity index (χ1v) is 7.16. The second-order valence-electron chi connectivity index (χ2n) is 5.36. The Morgan fingerprint density at radius 2 is 1.84 bits per heavy atom. The van der Waals surface area contributed by atoms with E-state index in [1.54, 1.807) is 0 Å². The van der Waals surface area contributed by atoms with Gasteiger partial charge >= 0.3 is 6.09 Å². The summed E-state index contributed by atoms with van der Waals surface area (Å²) in [5.74, 6) is 0.453. The van der Waals surface area contributed by atoms with Crippen LogP contribution in [-0.2, 0) is 9.53 Å². The highest BCUT2D eigenvalue weighted by Gasteiger charge is 2.14. The highest BCUT2D eigenvalue weighted by Crippen LogP contribution is 2.02. The molecule has 0 aliphatic rings. The average molecular weight is 293 g/mol. The molecule has 2 amide bonds. The molecule has 0 aromatic rings. The van der Waals surface area contributed by atoms with Crippen molar-refractivity contribution >= 4 is 23.6 Å². The number of unbranched alkanes of at least 4 members (excludes halogenated alkanes) is 2. The number of carbonyl (C=O) groups excluding carboxylic acids is 2. The van der Waals surface area contributed by atoms with Crippen LogP contribution in [0.5, 0.6) is 0 Å². The molecule has 0 heterocycles. The topological polar surface area (TPSA) is 67.4 Å². The molecule has 112 valence electrons. The molecule has 19 heavy (non-hydrogen) atoms. The van der Waals surface area contributed by atoms with E-state index in [4.69, 9.17) is 16.3 Å². The van der Waals surface area contributed by atoms with Crippen LogP contribution in [0, 0.1) is 0 Å². The fourth-order valence-corrected chi connectivity index (χ4v) is 1.44. The van der Waals surface area contributed by atoms with Gasteiger partial charge in [0.1, 0.15) is 0 Å². The van der Waals surface area contributed by atoms with Crippen molar-refractivity contribution < 1.29 is 14.3 Å². The third kappa shape index (κ3) is 13.3. The minimum Gasteiger partial charge on any atom is -0.450 e. The van der Waals surface area contributed by atoms with Crippen molar-refractivity contribution in [1.29, 1.82) is 0 Å². The maximum atomic E-state index is 11.3. The molecule has 0 fully saturated rings. The van der Waals surface area contributed by atoms with Crippen LogP contribution in [0.15, 0.2) is 0 Å². The fraction of sp³-hybridized carbons (Fsp3) is 0.846. The molecule has 0 saturated heterocycles. The van der Waals surface area contributed by atoms with Gasteiger partial charge in [0, 0.05) is 24.4 Å².